The largest absolute Gasteiger partial charge is 0.454 e. The lowest BCUT2D eigenvalue weighted by Gasteiger charge is -2.13. The summed E-state index contributed by atoms with van der Waals surface area (Å²) in [6.45, 7) is 3.03. The molecule has 4 aromatic rings. The van der Waals surface area contributed by atoms with E-state index in [0.717, 1.165) is 45.5 Å². The van der Waals surface area contributed by atoms with Gasteiger partial charge in [-0.05, 0) is 48.4 Å². The second-order valence-electron chi connectivity index (χ2n) is 7.73. The predicted molar refractivity (Wildman–Crippen MR) is 120 cm³/mol. The molecule has 0 bridgehead atoms. The van der Waals surface area contributed by atoms with E-state index in [4.69, 9.17) is 14.5 Å². The van der Waals surface area contributed by atoms with Crippen molar-refractivity contribution in [3.05, 3.63) is 71.9 Å². The van der Waals surface area contributed by atoms with Gasteiger partial charge in [-0.2, -0.15) is 0 Å². The van der Waals surface area contributed by atoms with Gasteiger partial charge in [0.05, 0.1) is 0 Å². The van der Waals surface area contributed by atoms with E-state index >= 15 is 0 Å². The molecule has 1 N–H and O–H groups in total. The van der Waals surface area contributed by atoms with Crippen LogP contribution in [0.2, 0.25) is 0 Å². The molecule has 0 unspecified atom stereocenters. The summed E-state index contributed by atoms with van der Waals surface area (Å²) in [7, 11) is 4.09. The minimum atomic E-state index is 0.284. The monoisotopic (exact) mass is 400 g/mol. The molecule has 152 valence electrons. The van der Waals surface area contributed by atoms with Crippen LogP contribution in [0.4, 0.5) is 11.5 Å². The number of rotatable bonds is 5. The summed E-state index contributed by atoms with van der Waals surface area (Å²) in [6, 6.07) is 18.7. The highest BCUT2D eigenvalue weighted by atomic mass is 16.7. The van der Waals surface area contributed by atoms with Crippen LogP contribution in [0.3, 0.4) is 0 Å². The number of anilines is 2. The first-order chi connectivity index (χ1) is 14.6. The summed E-state index contributed by atoms with van der Waals surface area (Å²) in [6.07, 6.45) is 2.11. The molecule has 0 saturated carbocycles. The van der Waals surface area contributed by atoms with E-state index in [1.165, 1.54) is 5.56 Å². The van der Waals surface area contributed by atoms with E-state index < -0.39 is 0 Å². The minimum absolute atomic E-state index is 0.284. The van der Waals surface area contributed by atoms with Gasteiger partial charge in [-0.25, -0.2) is 4.98 Å². The van der Waals surface area contributed by atoms with Crippen molar-refractivity contribution in [2.24, 2.45) is 0 Å². The van der Waals surface area contributed by atoms with Crippen molar-refractivity contribution in [2.75, 3.05) is 31.1 Å². The van der Waals surface area contributed by atoms with Crippen molar-refractivity contribution < 1.29 is 9.47 Å². The molecular weight excluding hydrogens is 376 g/mol. The van der Waals surface area contributed by atoms with Crippen molar-refractivity contribution in [3.63, 3.8) is 0 Å². The summed E-state index contributed by atoms with van der Waals surface area (Å²) in [5.74, 6) is 2.57. The van der Waals surface area contributed by atoms with Crippen LogP contribution in [0.15, 0.2) is 60.8 Å². The van der Waals surface area contributed by atoms with Gasteiger partial charge < -0.3 is 19.7 Å². The fourth-order valence-electron chi connectivity index (χ4n) is 3.68. The average molecular weight is 400 g/mol. The molecule has 0 atom stereocenters. The van der Waals surface area contributed by atoms with Crippen molar-refractivity contribution in [2.45, 2.75) is 13.5 Å². The molecule has 3 heterocycles. The molecule has 0 saturated heterocycles. The van der Waals surface area contributed by atoms with Crippen LogP contribution in [-0.4, -0.2) is 30.3 Å². The number of fused-ring (bicyclic) bond motifs is 2. The Bertz CT molecular complexity index is 1210. The highest BCUT2D eigenvalue weighted by Crippen LogP contribution is 2.34. The molecule has 0 radical (unpaired) electrons. The highest BCUT2D eigenvalue weighted by Gasteiger charge is 2.16. The molecule has 2 aromatic heterocycles. The van der Waals surface area contributed by atoms with Crippen molar-refractivity contribution in [1.29, 1.82) is 0 Å². The number of aryl methyl sites for hydroxylation is 1. The number of nitrogens with one attached hydrogen (secondary N) is 1. The van der Waals surface area contributed by atoms with Crippen molar-refractivity contribution >= 4 is 17.2 Å². The third kappa shape index (κ3) is 3.30. The maximum absolute atomic E-state index is 5.51. The smallest absolute Gasteiger partial charge is 0.231 e. The molecule has 0 fully saturated rings. The lowest BCUT2D eigenvalue weighted by atomic mass is 10.1. The van der Waals surface area contributed by atoms with Crippen LogP contribution in [0.1, 0.15) is 11.1 Å². The Morgan fingerprint density at radius 3 is 2.60 bits per heavy atom. The lowest BCUT2D eigenvalue weighted by molar-refractivity contribution is 0.174. The van der Waals surface area contributed by atoms with Gasteiger partial charge in [-0.3, -0.25) is 4.40 Å². The van der Waals surface area contributed by atoms with Gasteiger partial charge in [0.25, 0.3) is 0 Å². The third-order valence-corrected chi connectivity index (χ3v) is 5.32. The van der Waals surface area contributed by atoms with Crippen LogP contribution in [0, 0.1) is 6.92 Å². The van der Waals surface area contributed by atoms with Gasteiger partial charge in [0.1, 0.15) is 17.2 Å². The zero-order valence-corrected chi connectivity index (χ0v) is 17.3. The fourth-order valence-corrected chi connectivity index (χ4v) is 3.68. The van der Waals surface area contributed by atoms with Crippen LogP contribution < -0.4 is 19.7 Å². The Morgan fingerprint density at radius 1 is 1.00 bits per heavy atom. The van der Waals surface area contributed by atoms with Gasteiger partial charge in [-0.15, -0.1) is 0 Å². The first kappa shape index (κ1) is 18.4. The Hall–Kier alpha value is -3.67. The van der Waals surface area contributed by atoms with Crippen LogP contribution in [-0.2, 0) is 6.54 Å². The number of ether oxygens (including phenoxy) is 2. The second-order valence-corrected chi connectivity index (χ2v) is 7.73. The normalized spacial score (nSPS) is 12.4. The first-order valence-electron chi connectivity index (χ1n) is 9.97. The molecule has 6 nitrogen and oxygen atoms in total. The quantitative estimate of drug-likeness (QED) is 0.525. The standard InChI is InChI=1S/C24H24N4O2/c1-16-4-11-22-26-23(18-6-8-19(9-7-18)27(2)3)24(28(22)14-16)25-13-17-5-10-20-21(12-17)30-15-29-20/h4-12,14,25H,13,15H2,1-3H3. The van der Waals surface area contributed by atoms with E-state index in [1.54, 1.807) is 0 Å². The SMILES string of the molecule is Cc1ccc2nc(-c3ccc(N(C)C)cc3)c(NCc3ccc4c(c3)OCO4)n2c1. The van der Waals surface area contributed by atoms with Gasteiger partial charge >= 0.3 is 0 Å². The number of hydrogen-bond donors (Lipinski definition) is 1. The molecule has 1 aliphatic rings. The maximum Gasteiger partial charge on any atom is 0.231 e. The molecule has 0 amide bonds. The van der Waals surface area contributed by atoms with Gasteiger partial charge in [0.15, 0.2) is 11.5 Å². The van der Waals surface area contributed by atoms with E-state index in [2.05, 4.69) is 70.2 Å². The Labute approximate surface area is 175 Å². The zero-order chi connectivity index (χ0) is 20.7. The lowest BCUT2D eigenvalue weighted by Crippen LogP contribution is -2.08. The van der Waals surface area contributed by atoms with Crippen LogP contribution in [0.5, 0.6) is 11.5 Å². The number of nitrogens with zero attached hydrogens (tertiary/aromatic N) is 3. The number of pyridine rings is 1. The Morgan fingerprint density at radius 2 is 1.80 bits per heavy atom. The summed E-state index contributed by atoms with van der Waals surface area (Å²) in [4.78, 5) is 7.00. The van der Waals surface area contributed by atoms with Crippen molar-refractivity contribution in [1.82, 2.24) is 9.38 Å². The van der Waals surface area contributed by atoms with E-state index in [0.29, 0.717) is 6.54 Å². The summed E-state index contributed by atoms with van der Waals surface area (Å²) in [5, 5.41) is 3.60. The van der Waals surface area contributed by atoms with Crippen molar-refractivity contribution in [3.8, 4) is 22.8 Å². The third-order valence-electron chi connectivity index (χ3n) is 5.32. The van der Waals surface area contributed by atoms with E-state index in [-0.39, 0.29) is 6.79 Å². The highest BCUT2D eigenvalue weighted by molar-refractivity contribution is 5.77. The van der Waals surface area contributed by atoms with Gasteiger partial charge in [0, 0.05) is 38.1 Å². The molecule has 6 heteroatoms. The molecule has 0 spiro atoms. The minimum Gasteiger partial charge on any atom is -0.454 e. The first-order valence-corrected chi connectivity index (χ1v) is 9.97. The average Bonchev–Trinajstić information content (AvgIpc) is 3.36. The molecule has 30 heavy (non-hydrogen) atoms. The van der Waals surface area contributed by atoms with Crippen LogP contribution >= 0.6 is 0 Å². The maximum atomic E-state index is 5.51. The van der Waals surface area contributed by atoms with Crippen LogP contribution in [0.25, 0.3) is 16.9 Å². The second kappa shape index (κ2) is 7.30. The number of imidazole rings is 1. The van der Waals surface area contributed by atoms with E-state index in [9.17, 15) is 0 Å². The number of benzene rings is 2. The fraction of sp³-hybridized carbons (Fsp3) is 0.208. The molecule has 0 aliphatic carbocycles. The van der Waals surface area contributed by atoms with Gasteiger partial charge in [0.2, 0.25) is 6.79 Å². The Kier molecular flexibility index (Phi) is 4.47. The molecular formula is C24H24N4O2. The molecule has 5 rings (SSSR count). The number of aromatic nitrogens is 2. The summed E-state index contributed by atoms with van der Waals surface area (Å²) < 4.78 is 13.1. The van der Waals surface area contributed by atoms with E-state index in [1.807, 2.05) is 26.2 Å². The predicted octanol–water partition coefficient (Wildman–Crippen LogP) is 4.72. The topological polar surface area (TPSA) is 51.0 Å². The molecule has 1 aliphatic heterocycles. The Balaban J connectivity index is 1.52. The van der Waals surface area contributed by atoms with Gasteiger partial charge in [-0.1, -0.05) is 24.3 Å². The summed E-state index contributed by atoms with van der Waals surface area (Å²) >= 11 is 0. The summed E-state index contributed by atoms with van der Waals surface area (Å²) in [5.41, 5.74) is 6.40. The number of hydrogen-bond acceptors (Lipinski definition) is 5. The molecule has 2 aromatic carbocycles. The zero-order valence-electron chi connectivity index (χ0n) is 17.3.